The fourth-order valence-corrected chi connectivity index (χ4v) is 5.02. The van der Waals surface area contributed by atoms with E-state index in [1.807, 2.05) is 6.07 Å². The minimum absolute atomic E-state index is 0.244. The first-order valence-corrected chi connectivity index (χ1v) is 9.14. The van der Waals surface area contributed by atoms with Gasteiger partial charge in [-0.05, 0) is 49.0 Å². The van der Waals surface area contributed by atoms with Crippen LogP contribution in [0.25, 0.3) is 10.1 Å². The van der Waals surface area contributed by atoms with E-state index in [1.54, 1.807) is 18.2 Å². The molecule has 1 atom stereocenters. The molecule has 2 N–H and O–H groups in total. The lowest BCUT2D eigenvalue weighted by Gasteiger charge is -2.10. The molecule has 0 amide bonds. The van der Waals surface area contributed by atoms with Crippen molar-refractivity contribution in [1.82, 2.24) is 10.0 Å². The molecule has 0 saturated carbocycles. The monoisotopic (exact) mass is 330 g/mol. The van der Waals surface area contributed by atoms with Gasteiger partial charge in [-0.1, -0.05) is 11.6 Å². The van der Waals surface area contributed by atoms with E-state index >= 15 is 0 Å². The van der Waals surface area contributed by atoms with Crippen molar-refractivity contribution >= 4 is 43.0 Å². The molecule has 1 fully saturated rings. The summed E-state index contributed by atoms with van der Waals surface area (Å²) in [4.78, 5) is 0. The molecule has 108 valence electrons. The van der Waals surface area contributed by atoms with Crippen molar-refractivity contribution in [3.05, 3.63) is 29.3 Å². The molecule has 4 nitrogen and oxygen atoms in total. The summed E-state index contributed by atoms with van der Waals surface area (Å²) in [6, 6.07) is 7.32. The molecule has 1 aliphatic rings. The molecule has 2 aromatic rings. The van der Waals surface area contributed by atoms with Gasteiger partial charge >= 0.3 is 0 Å². The Bertz CT molecular complexity index is 721. The molecule has 3 rings (SSSR count). The largest absolute Gasteiger partial charge is 0.313 e. The molecule has 1 unspecified atom stereocenters. The Morgan fingerprint density at radius 2 is 2.25 bits per heavy atom. The number of fused-ring (bicyclic) bond motifs is 1. The summed E-state index contributed by atoms with van der Waals surface area (Å²) in [7, 11) is -3.44. The van der Waals surface area contributed by atoms with Gasteiger partial charge in [0.1, 0.15) is 4.21 Å². The lowest BCUT2D eigenvalue weighted by Crippen LogP contribution is -2.36. The van der Waals surface area contributed by atoms with Crippen LogP contribution in [-0.4, -0.2) is 27.5 Å². The lowest BCUT2D eigenvalue weighted by molar-refractivity contribution is 0.553. The highest BCUT2D eigenvalue weighted by atomic mass is 35.5. The van der Waals surface area contributed by atoms with Crippen molar-refractivity contribution in [3.8, 4) is 0 Å². The smallest absolute Gasteiger partial charge is 0.250 e. The topological polar surface area (TPSA) is 58.2 Å². The first kappa shape index (κ1) is 14.3. The van der Waals surface area contributed by atoms with Crippen LogP contribution >= 0.6 is 22.9 Å². The van der Waals surface area contributed by atoms with Crippen LogP contribution in [0.3, 0.4) is 0 Å². The van der Waals surface area contributed by atoms with Crippen molar-refractivity contribution in [2.24, 2.45) is 0 Å². The van der Waals surface area contributed by atoms with E-state index in [2.05, 4.69) is 10.0 Å². The van der Waals surface area contributed by atoms with Gasteiger partial charge in [0.25, 0.3) is 0 Å². The summed E-state index contributed by atoms with van der Waals surface area (Å²) in [6.45, 7) is 1.41. The van der Waals surface area contributed by atoms with Crippen LogP contribution in [0.4, 0.5) is 0 Å². The van der Waals surface area contributed by atoms with Gasteiger partial charge in [-0.25, -0.2) is 13.1 Å². The molecule has 1 aromatic heterocycles. The van der Waals surface area contributed by atoms with E-state index in [1.165, 1.54) is 11.3 Å². The molecule has 2 heterocycles. The highest BCUT2D eigenvalue weighted by molar-refractivity contribution is 7.91. The van der Waals surface area contributed by atoms with Crippen LogP contribution in [0, 0.1) is 0 Å². The van der Waals surface area contributed by atoms with Gasteiger partial charge in [0, 0.05) is 22.3 Å². The van der Waals surface area contributed by atoms with Crippen LogP contribution in [-0.2, 0) is 10.0 Å². The van der Waals surface area contributed by atoms with Gasteiger partial charge in [0.2, 0.25) is 10.0 Å². The number of hydrogen-bond acceptors (Lipinski definition) is 4. The number of sulfonamides is 1. The minimum atomic E-state index is -3.44. The van der Waals surface area contributed by atoms with Crippen LogP contribution in [0.1, 0.15) is 12.8 Å². The zero-order valence-corrected chi connectivity index (χ0v) is 13.1. The van der Waals surface area contributed by atoms with Crippen molar-refractivity contribution in [2.75, 3.05) is 13.1 Å². The summed E-state index contributed by atoms with van der Waals surface area (Å²) >= 11 is 7.19. The van der Waals surface area contributed by atoms with Gasteiger partial charge in [0.05, 0.1) is 0 Å². The lowest BCUT2D eigenvalue weighted by atomic mass is 10.2. The van der Waals surface area contributed by atoms with E-state index < -0.39 is 10.0 Å². The molecule has 0 radical (unpaired) electrons. The number of nitrogens with one attached hydrogen (secondary N) is 2. The Morgan fingerprint density at radius 3 is 3.00 bits per heavy atom. The maximum absolute atomic E-state index is 12.3. The Morgan fingerprint density at radius 1 is 1.40 bits per heavy atom. The fourth-order valence-electron chi connectivity index (χ4n) is 2.33. The van der Waals surface area contributed by atoms with Crippen molar-refractivity contribution < 1.29 is 8.42 Å². The Kier molecular flexibility index (Phi) is 4.01. The first-order chi connectivity index (χ1) is 9.54. The van der Waals surface area contributed by atoms with Crippen molar-refractivity contribution in [2.45, 2.75) is 23.1 Å². The maximum Gasteiger partial charge on any atom is 0.250 e. The highest BCUT2D eigenvalue weighted by Gasteiger charge is 2.21. The summed E-state index contributed by atoms with van der Waals surface area (Å²) in [5.41, 5.74) is 0. The summed E-state index contributed by atoms with van der Waals surface area (Å²) < 4.78 is 28.5. The van der Waals surface area contributed by atoms with Gasteiger partial charge < -0.3 is 5.32 Å². The predicted octanol–water partition coefficient (Wildman–Crippen LogP) is 2.59. The average Bonchev–Trinajstić information content (AvgIpc) is 3.05. The van der Waals surface area contributed by atoms with Crippen LogP contribution in [0.2, 0.25) is 5.02 Å². The van der Waals surface area contributed by atoms with E-state index in [9.17, 15) is 8.42 Å². The Labute approximate surface area is 127 Å². The van der Waals surface area contributed by atoms with E-state index in [0.717, 1.165) is 29.5 Å². The predicted molar refractivity (Wildman–Crippen MR) is 83.0 cm³/mol. The number of rotatable bonds is 4. The van der Waals surface area contributed by atoms with E-state index in [-0.39, 0.29) is 6.04 Å². The van der Waals surface area contributed by atoms with Crippen LogP contribution in [0.15, 0.2) is 28.5 Å². The third-order valence-electron chi connectivity index (χ3n) is 3.40. The van der Waals surface area contributed by atoms with E-state index in [0.29, 0.717) is 15.8 Å². The van der Waals surface area contributed by atoms with Crippen molar-refractivity contribution in [1.29, 1.82) is 0 Å². The summed E-state index contributed by atoms with van der Waals surface area (Å²) in [6.07, 6.45) is 2.12. The molecule has 20 heavy (non-hydrogen) atoms. The second-order valence-corrected chi connectivity index (χ2v) is 8.41. The number of hydrogen-bond donors (Lipinski definition) is 2. The molecule has 7 heteroatoms. The van der Waals surface area contributed by atoms with Crippen LogP contribution < -0.4 is 10.0 Å². The third-order valence-corrected chi connectivity index (χ3v) is 6.65. The summed E-state index contributed by atoms with van der Waals surface area (Å²) in [5, 5.41) is 4.75. The molecular weight excluding hydrogens is 316 g/mol. The zero-order chi connectivity index (χ0) is 14.2. The van der Waals surface area contributed by atoms with Gasteiger partial charge in [0.15, 0.2) is 0 Å². The second-order valence-electron chi connectivity index (χ2n) is 4.89. The van der Waals surface area contributed by atoms with Crippen LogP contribution in [0.5, 0.6) is 0 Å². The van der Waals surface area contributed by atoms with Gasteiger partial charge in [-0.15, -0.1) is 11.3 Å². The number of thiophene rings is 1. The third kappa shape index (κ3) is 2.99. The van der Waals surface area contributed by atoms with Gasteiger partial charge in [-0.3, -0.25) is 0 Å². The normalized spacial score (nSPS) is 19.8. The number of benzene rings is 1. The first-order valence-electron chi connectivity index (χ1n) is 6.47. The average molecular weight is 331 g/mol. The fraction of sp³-hybridized carbons (Fsp3) is 0.385. The molecular formula is C13H15ClN2O2S2. The minimum Gasteiger partial charge on any atom is -0.313 e. The second kappa shape index (κ2) is 5.61. The molecule has 0 spiro atoms. The van der Waals surface area contributed by atoms with Gasteiger partial charge in [-0.2, -0.15) is 0 Å². The standard InChI is InChI=1S/C13H15ClN2O2S2/c14-10-3-4-12-9(6-10)7-13(19-12)20(17,18)16-8-11-2-1-5-15-11/h3-4,6-7,11,15-16H,1-2,5,8H2. The quantitative estimate of drug-likeness (QED) is 0.906. The maximum atomic E-state index is 12.3. The number of halogens is 1. The van der Waals surface area contributed by atoms with Crippen molar-refractivity contribution in [3.63, 3.8) is 0 Å². The Balaban J connectivity index is 1.81. The Hall–Kier alpha value is -0.660. The molecule has 0 bridgehead atoms. The molecule has 1 aliphatic heterocycles. The highest BCUT2D eigenvalue weighted by Crippen LogP contribution is 2.30. The zero-order valence-electron chi connectivity index (χ0n) is 10.7. The summed E-state index contributed by atoms with van der Waals surface area (Å²) in [5.74, 6) is 0. The molecule has 1 aromatic carbocycles. The molecule has 0 aliphatic carbocycles. The van der Waals surface area contributed by atoms with E-state index in [4.69, 9.17) is 11.6 Å². The SMILES string of the molecule is O=S(=O)(NCC1CCCN1)c1cc2cc(Cl)ccc2s1. The molecule has 1 saturated heterocycles.